The normalized spacial score (nSPS) is 29.6. The van der Waals surface area contributed by atoms with Crippen molar-refractivity contribution in [3.05, 3.63) is 47.1 Å². The van der Waals surface area contributed by atoms with Gasteiger partial charge in [0.05, 0.1) is 16.6 Å². The highest BCUT2D eigenvalue weighted by molar-refractivity contribution is 8.21. The van der Waals surface area contributed by atoms with Crippen LogP contribution in [-0.2, 0) is 4.79 Å². The molecule has 0 amide bonds. The molecule has 0 bridgehead atoms. The molecule has 1 aromatic rings. The molecule has 1 saturated carbocycles. The Kier molecular flexibility index (Phi) is 4.53. The maximum Gasteiger partial charge on any atom is 0.168 e. The number of rotatable bonds is 2. The maximum absolute atomic E-state index is 13.3. The van der Waals surface area contributed by atoms with E-state index >= 15 is 0 Å². The van der Waals surface area contributed by atoms with E-state index in [1.54, 1.807) is 7.11 Å². The van der Waals surface area contributed by atoms with Crippen molar-refractivity contribution in [2.24, 2.45) is 5.41 Å². The zero-order valence-electron chi connectivity index (χ0n) is 14.8. The summed E-state index contributed by atoms with van der Waals surface area (Å²) in [6.07, 6.45) is 8.51. The van der Waals surface area contributed by atoms with Crippen molar-refractivity contribution in [2.75, 3.05) is 18.6 Å². The lowest BCUT2D eigenvalue weighted by Gasteiger charge is -2.44. The van der Waals surface area contributed by atoms with Gasteiger partial charge in [-0.05, 0) is 62.0 Å². The van der Waals surface area contributed by atoms with Gasteiger partial charge in [0, 0.05) is 11.5 Å². The summed E-state index contributed by atoms with van der Waals surface area (Å²) in [5.41, 5.74) is 3.16. The van der Waals surface area contributed by atoms with Gasteiger partial charge in [-0.1, -0.05) is 23.8 Å². The number of carbonyl (C=O) groups is 1. The minimum absolute atomic E-state index is 0.256. The summed E-state index contributed by atoms with van der Waals surface area (Å²) in [6, 6.07) is 7.94. The molecule has 2 aliphatic carbocycles. The number of ether oxygens (including phenoxy) is 1. The molecule has 25 heavy (non-hydrogen) atoms. The van der Waals surface area contributed by atoms with Gasteiger partial charge in [0.2, 0.25) is 0 Å². The van der Waals surface area contributed by atoms with Crippen LogP contribution in [0.15, 0.2) is 41.5 Å². The quantitative estimate of drug-likeness (QED) is 0.517. The SMILES string of the molecule is COc1ccc(/C=C2\CCC3=CC4(CCC3(C)C2=O)SCCS4)cc1. The number of thioether (sulfide) groups is 2. The van der Waals surface area contributed by atoms with Gasteiger partial charge in [-0.3, -0.25) is 4.79 Å². The number of hydrogen-bond acceptors (Lipinski definition) is 4. The van der Waals surface area contributed by atoms with Crippen molar-refractivity contribution in [3.63, 3.8) is 0 Å². The minimum Gasteiger partial charge on any atom is -0.497 e. The third kappa shape index (κ3) is 3.08. The summed E-state index contributed by atoms with van der Waals surface area (Å²) in [5.74, 6) is 3.66. The molecule has 1 saturated heterocycles. The number of allylic oxidation sites excluding steroid dienone is 2. The Bertz CT molecular complexity index is 742. The molecule has 4 rings (SSSR count). The fourth-order valence-corrected chi connectivity index (χ4v) is 7.30. The summed E-state index contributed by atoms with van der Waals surface area (Å²) in [5, 5.41) is 0. The Morgan fingerprint density at radius 2 is 1.80 bits per heavy atom. The zero-order chi connectivity index (χ0) is 17.5. The number of ketones is 1. The van der Waals surface area contributed by atoms with Gasteiger partial charge >= 0.3 is 0 Å². The molecule has 4 heteroatoms. The van der Waals surface area contributed by atoms with Crippen LogP contribution in [0.4, 0.5) is 0 Å². The predicted octanol–water partition coefficient (Wildman–Crippen LogP) is 5.34. The monoisotopic (exact) mass is 372 g/mol. The van der Waals surface area contributed by atoms with Gasteiger partial charge in [-0.25, -0.2) is 0 Å². The summed E-state index contributed by atoms with van der Waals surface area (Å²) in [4.78, 5) is 13.3. The van der Waals surface area contributed by atoms with Gasteiger partial charge in [0.25, 0.3) is 0 Å². The van der Waals surface area contributed by atoms with E-state index in [9.17, 15) is 4.79 Å². The van der Waals surface area contributed by atoms with Gasteiger partial charge in [-0.15, -0.1) is 23.5 Å². The van der Waals surface area contributed by atoms with E-state index in [0.29, 0.717) is 5.78 Å². The number of benzene rings is 1. The molecule has 2 fully saturated rings. The van der Waals surface area contributed by atoms with Crippen molar-refractivity contribution in [1.29, 1.82) is 0 Å². The smallest absolute Gasteiger partial charge is 0.168 e. The molecule has 3 aliphatic rings. The summed E-state index contributed by atoms with van der Waals surface area (Å²) >= 11 is 4.15. The lowest BCUT2D eigenvalue weighted by Crippen LogP contribution is -2.40. The fraction of sp³-hybridized carbons (Fsp3) is 0.476. The second-order valence-corrected chi connectivity index (χ2v) is 10.4. The van der Waals surface area contributed by atoms with E-state index in [-0.39, 0.29) is 9.49 Å². The number of carbonyl (C=O) groups excluding carboxylic acids is 1. The van der Waals surface area contributed by atoms with E-state index < -0.39 is 0 Å². The van der Waals surface area contributed by atoms with Crippen LogP contribution in [0.1, 0.15) is 38.2 Å². The highest BCUT2D eigenvalue weighted by Crippen LogP contribution is 2.57. The van der Waals surface area contributed by atoms with E-state index in [1.807, 2.05) is 24.3 Å². The first-order valence-corrected chi connectivity index (χ1v) is 10.9. The van der Waals surface area contributed by atoms with Crippen molar-refractivity contribution in [3.8, 4) is 5.75 Å². The number of hydrogen-bond donors (Lipinski definition) is 0. The van der Waals surface area contributed by atoms with Crippen LogP contribution in [0.25, 0.3) is 6.08 Å². The van der Waals surface area contributed by atoms with E-state index in [0.717, 1.165) is 42.6 Å². The second kappa shape index (κ2) is 6.55. The maximum atomic E-state index is 13.3. The fourth-order valence-electron chi connectivity index (χ4n) is 4.16. The van der Waals surface area contributed by atoms with Gasteiger partial charge in [0.15, 0.2) is 5.78 Å². The van der Waals surface area contributed by atoms with Crippen LogP contribution in [0.5, 0.6) is 5.75 Å². The Balaban J connectivity index is 1.61. The van der Waals surface area contributed by atoms with Crippen molar-refractivity contribution < 1.29 is 9.53 Å². The Hall–Kier alpha value is -1.13. The van der Waals surface area contributed by atoms with Crippen molar-refractivity contribution >= 4 is 35.4 Å². The first-order valence-electron chi connectivity index (χ1n) is 8.94. The molecule has 1 unspecified atom stereocenters. The standard InChI is InChI=1S/C21H24O2S2/c1-20-9-10-21(24-11-12-25-21)14-17(20)6-5-16(19(20)22)13-15-3-7-18(23-2)8-4-15/h3-4,7-8,13-14H,5-6,9-12H2,1-2H3/b16-13+. The predicted molar refractivity (Wildman–Crippen MR) is 108 cm³/mol. The Morgan fingerprint density at radius 1 is 1.08 bits per heavy atom. The highest BCUT2D eigenvalue weighted by atomic mass is 32.2. The molecule has 132 valence electrons. The van der Waals surface area contributed by atoms with Crippen molar-refractivity contribution in [1.82, 2.24) is 0 Å². The average Bonchev–Trinajstić information content (AvgIpc) is 3.09. The van der Waals surface area contributed by atoms with E-state index in [1.165, 1.54) is 17.1 Å². The summed E-state index contributed by atoms with van der Waals surface area (Å²) in [7, 11) is 1.67. The molecule has 0 radical (unpaired) electrons. The number of methoxy groups -OCH3 is 1. The second-order valence-electron chi connectivity index (χ2n) is 7.28. The van der Waals surface area contributed by atoms with Crippen LogP contribution in [0.2, 0.25) is 0 Å². The van der Waals surface area contributed by atoms with Crippen molar-refractivity contribution in [2.45, 2.75) is 36.7 Å². The molecule has 1 aromatic carbocycles. The first kappa shape index (κ1) is 17.3. The van der Waals surface area contributed by atoms with Crippen LogP contribution in [-0.4, -0.2) is 28.5 Å². The average molecular weight is 373 g/mol. The first-order chi connectivity index (χ1) is 12.0. The third-order valence-corrected chi connectivity index (χ3v) is 9.17. The molecular weight excluding hydrogens is 348 g/mol. The molecule has 1 aliphatic heterocycles. The van der Waals surface area contributed by atoms with Crippen LogP contribution in [0.3, 0.4) is 0 Å². The molecular formula is C21H24O2S2. The molecule has 1 spiro atoms. The van der Waals surface area contributed by atoms with Crippen LogP contribution < -0.4 is 4.74 Å². The summed E-state index contributed by atoms with van der Waals surface area (Å²) in [6.45, 7) is 2.17. The lowest BCUT2D eigenvalue weighted by atomic mass is 9.63. The number of Topliss-reactive ketones (excluding diaryl/α,β-unsaturated/α-hetero) is 1. The topological polar surface area (TPSA) is 26.3 Å². The van der Waals surface area contributed by atoms with Crippen LogP contribution in [0, 0.1) is 5.41 Å². The van der Waals surface area contributed by atoms with E-state index in [4.69, 9.17) is 4.74 Å². The molecule has 0 N–H and O–H groups in total. The highest BCUT2D eigenvalue weighted by Gasteiger charge is 2.49. The summed E-state index contributed by atoms with van der Waals surface area (Å²) < 4.78 is 5.47. The molecule has 1 heterocycles. The molecule has 1 atom stereocenters. The largest absolute Gasteiger partial charge is 0.497 e. The van der Waals surface area contributed by atoms with Gasteiger partial charge in [0.1, 0.15) is 5.75 Å². The van der Waals surface area contributed by atoms with Gasteiger partial charge < -0.3 is 4.74 Å². The minimum atomic E-state index is -0.286. The van der Waals surface area contributed by atoms with Crippen LogP contribution >= 0.6 is 23.5 Å². The zero-order valence-corrected chi connectivity index (χ0v) is 16.5. The molecule has 2 nitrogen and oxygen atoms in total. The van der Waals surface area contributed by atoms with Gasteiger partial charge in [-0.2, -0.15) is 0 Å². The Labute approximate surface area is 158 Å². The van der Waals surface area contributed by atoms with E-state index in [2.05, 4.69) is 42.6 Å². The molecule has 0 aromatic heterocycles. The Morgan fingerprint density at radius 3 is 2.48 bits per heavy atom. The third-order valence-electron chi connectivity index (χ3n) is 5.77. The lowest BCUT2D eigenvalue weighted by molar-refractivity contribution is -0.123. The number of fused-ring (bicyclic) bond motifs is 1.